The van der Waals surface area contributed by atoms with E-state index in [0.29, 0.717) is 0 Å². The predicted octanol–water partition coefficient (Wildman–Crippen LogP) is 4.42. The van der Waals surface area contributed by atoms with E-state index in [2.05, 4.69) is 4.52 Å². The van der Waals surface area contributed by atoms with Gasteiger partial charge in [0.2, 0.25) is 0 Å². The molecule has 0 atom stereocenters. The Balaban J connectivity index is 5.07. The summed E-state index contributed by atoms with van der Waals surface area (Å²) in [6, 6.07) is 0. The average molecular weight is 362 g/mol. The van der Waals surface area contributed by atoms with Crippen LogP contribution < -0.4 is 0 Å². The molecule has 0 aromatic carbocycles. The van der Waals surface area contributed by atoms with Gasteiger partial charge in [0.15, 0.2) is 0 Å². The predicted molar refractivity (Wildman–Crippen MR) is 39.1 cm³/mol. The van der Waals surface area contributed by atoms with Crippen molar-refractivity contribution in [2.75, 3.05) is 0 Å². The van der Waals surface area contributed by atoms with Gasteiger partial charge < -0.3 is 0 Å². The zero-order valence-electron chi connectivity index (χ0n) is 5.76. The Kier molecular flexibility index (Phi) is 4.37. The van der Waals surface area contributed by atoms with Gasteiger partial charge in [-0.2, -0.15) is 34.7 Å². The maximum atomic E-state index is 11.8. The van der Waals surface area contributed by atoms with Gasteiger partial charge in [-0.15, -0.1) is 0 Å². The summed E-state index contributed by atoms with van der Waals surface area (Å²) < 4.78 is 91.3. The molecule has 0 heterocycles. The second-order valence-electron chi connectivity index (χ2n) is 1.88. The van der Waals surface area contributed by atoms with Crippen LogP contribution in [0.3, 0.4) is 0 Å². The van der Waals surface area contributed by atoms with Crippen molar-refractivity contribution in [2.24, 2.45) is 0 Å². The molecule has 0 N–H and O–H groups in total. The van der Waals surface area contributed by atoms with E-state index >= 15 is 0 Å². The first kappa shape index (κ1) is 14.6. The molecule has 0 spiro atoms. The largest absolute Gasteiger partial charge is 0.436 e. The van der Waals surface area contributed by atoms with E-state index in [0.717, 1.165) is 0 Å². The lowest BCUT2D eigenvalue weighted by Crippen LogP contribution is -2.52. The van der Waals surface area contributed by atoms with Crippen molar-refractivity contribution in [1.29, 1.82) is 0 Å². The van der Waals surface area contributed by atoms with E-state index in [1.165, 1.54) is 0 Å². The lowest BCUT2D eigenvalue weighted by Gasteiger charge is -2.30. The van der Waals surface area contributed by atoms with Crippen molar-refractivity contribution in [3.05, 3.63) is 0 Å². The Morgan fingerprint density at radius 1 is 0.857 bits per heavy atom. The maximum absolute atomic E-state index is 11.8. The van der Waals surface area contributed by atoms with Crippen LogP contribution in [0.2, 0.25) is 0 Å². The molecule has 0 saturated heterocycles. The zero-order chi connectivity index (χ0) is 11.8. The van der Waals surface area contributed by atoms with Crippen LogP contribution in [-0.4, -0.2) is 16.0 Å². The van der Waals surface area contributed by atoms with Crippen LogP contribution in [0.4, 0.5) is 34.7 Å². The fraction of sp³-hybridized carbons (Fsp3) is 1.00. The molecule has 0 saturated carbocycles. The summed E-state index contributed by atoms with van der Waals surface area (Å²) in [5.41, 5.74) is 0. The molecule has 0 aromatic rings. The topological polar surface area (TPSA) is 9.23 Å². The summed E-state index contributed by atoms with van der Waals surface area (Å²) in [5.74, 6) is 0. The van der Waals surface area contributed by atoms with Crippen LogP contribution in [0, 0.1) is 0 Å². The molecule has 0 unspecified atom stereocenters. The van der Waals surface area contributed by atoms with E-state index in [1.807, 2.05) is 0 Å². The molecule has 0 aliphatic carbocycles. The van der Waals surface area contributed by atoms with E-state index in [-0.39, 0.29) is 22.6 Å². The molecular formula is C3F8IOP. The van der Waals surface area contributed by atoms with Crippen LogP contribution in [0.25, 0.3) is 0 Å². The maximum Gasteiger partial charge on any atom is 0.436 e. The lowest BCUT2D eigenvalue weighted by molar-refractivity contribution is -0.309. The minimum Gasteiger partial charge on any atom is -0.270 e. The normalized spacial score (nSPS) is 15.0. The molecule has 0 radical (unpaired) electrons. The Bertz CT molecular complexity index is 184. The first-order valence-corrected chi connectivity index (χ1v) is 4.67. The summed E-state index contributed by atoms with van der Waals surface area (Å²) >= 11 is -0.233. The molecule has 11 heteroatoms. The number of rotatable bonds is 2. The summed E-state index contributed by atoms with van der Waals surface area (Å²) in [6.07, 6.45) is -11.9. The van der Waals surface area contributed by atoms with Crippen molar-refractivity contribution in [3.63, 3.8) is 0 Å². The summed E-state index contributed by atoms with van der Waals surface area (Å²) in [5, 5.41) is 0. The van der Waals surface area contributed by atoms with Gasteiger partial charge >= 0.3 is 24.7 Å². The Morgan fingerprint density at radius 2 is 1.14 bits per heavy atom. The van der Waals surface area contributed by atoms with Gasteiger partial charge in [-0.3, -0.25) is 4.52 Å². The fourth-order valence-electron chi connectivity index (χ4n) is 0.359. The smallest absolute Gasteiger partial charge is 0.270 e. The highest BCUT2D eigenvalue weighted by atomic mass is 127. The molecule has 86 valence electrons. The van der Waals surface area contributed by atoms with Crippen LogP contribution in [0.1, 0.15) is 0 Å². The van der Waals surface area contributed by atoms with Crippen molar-refractivity contribution >= 4 is 31.4 Å². The lowest BCUT2D eigenvalue weighted by atomic mass is 10.3. The summed E-state index contributed by atoms with van der Waals surface area (Å²) in [7, 11) is -4.76. The van der Waals surface area contributed by atoms with Crippen LogP contribution in [-0.2, 0) is 4.52 Å². The van der Waals surface area contributed by atoms with E-state index < -0.39 is 24.7 Å². The number of hydrogen-bond donors (Lipinski definition) is 0. The van der Waals surface area contributed by atoms with Crippen LogP contribution in [0.5, 0.6) is 0 Å². The van der Waals surface area contributed by atoms with Gasteiger partial charge in [0.25, 0.3) is 0 Å². The van der Waals surface area contributed by atoms with Crippen molar-refractivity contribution in [3.8, 4) is 0 Å². The van der Waals surface area contributed by atoms with Crippen LogP contribution >= 0.6 is 31.4 Å². The number of alkyl halides is 7. The van der Waals surface area contributed by atoms with Gasteiger partial charge in [0.1, 0.15) is 0 Å². The second-order valence-corrected chi connectivity index (χ2v) is 3.99. The summed E-state index contributed by atoms with van der Waals surface area (Å²) in [6.45, 7) is 0. The zero-order valence-corrected chi connectivity index (χ0v) is 8.81. The van der Waals surface area contributed by atoms with Gasteiger partial charge in [-0.1, -0.05) is 0 Å². The number of hydrogen-bond acceptors (Lipinski definition) is 1. The van der Waals surface area contributed by atoms with E-state index in [9.17, 15) is 34.7 Å². The van der Waals surface area contributed by atoms with Gasteiger partial charge in [0.05, 0.1) is 0 Å². The third kappa shape index (κ3) is 3.02. The van der Waals surface area contributed by atoms with E-state index in [4.69, 9.17) is 0 Å². The monoisotopic (exact) mass is 362 g/mol. The first-order valence-electron chi connectivity index (χ1n) is 2.55. The minimum absolute atomic E-state index is 0.233. The summed E-state index contributed by atoms with van der Waals surface area (Å²) in [4.78, 5) is 0. The molecule has 1 nitrogen and oxygen atoms in total. The molecule has 0 aromatic heterocycles. The molecule has 0 amide bonds. The Morgan fingerprint density at radius 3 is 1.21 bits per heavy atom. The highest BCUT2D eigenvalue weighted by Gasteiger charge is 2.72. The molecule has 14 heavy (non-hydrogen) atoms. The molecule has 0 fully saturated rings. The standard InChI is InChI=1S/C3F8IOP/c4-2(5,6)1(12,3(7,8)9)13-14(10)11. The SMILES string of the molecule is FP(F)OC(I)(C(F)(F)F)C(F)(F)F. The molecule has 0 aliphatic rings. The van der Waals surface area contributed by atoms with Crippen LogP contribution in [0.15, 0.2) is 0 Å². The average Bonchev–Trinajstić information content (AvgIpc) is 1.79. The first-order chi connectivity index (χ1) is 5.92. The van der Waals surface area contributed by atoms with Gasteiger partial charge in [-0.05, 0) is 22.6 Å². The molecule has 0 rings (SSSR count). The van der Waals surface area contributed by atoms with Crippen molar-refractivity contribution < 1.29 is 39.3 Å². The Labute approximate surface area is 87.0 Å². The minimum atomic E-state index is -5.95. The van der Waals surface area contributed by atoms with E-state index in [1.54, 1.807) is 0 Å². The fourth-order valence-corrected chi connectivity index (χ4v) is 1.20. The van der Waals surface area contributed by atoms with Gasteiger partial charge in [0, 0.05) is 0 Å². The van der Waals surface area contributed by atoms with Crippen molar-refractivity contribution in [1.82, 2.24) is 0 Å². The highest BCUT2D eigenvalue weighted by Crippen LogP contribution is 2.58. The quantitative estimate of drug-likeness (QED) is 0.306. The number of halogens is 9. The second kappa shape index (κ2) is 4.20. The third-order valence-corrected chi connectivity index (χ3v) is 3.13. The Hall–Kier alpha value is 0.560. The van der Waals surface area contributed by atoms with Gasteiger partial charge in [-0.25, -0.2) is 0 Å². The molecule has 0 aliphatic heterocycles. The molecule has 0 bridgehead atoms. The van der Waals surface area contributed by atoms with Crippen molar-refractivity contribution in [2.45, 2.75) is 16.0 Å². The highest BCUT2D eigenvalue weighted by molar-refractivity contribution is 14.1. The third-order valence-electron chi connectivity index (χ3n) is 0.924. The molecular weight excluding hydrogens is 362 g/mol.